The van der Waals surface area contributed by atoms with E-state index < -0.39 is 0 Å². The molecule has 0 aromatic heterocycles. The molecule has 1 aromatic rings. The molecule has 2 rings (SSSR count). The van der Waals surface area contributed by atoms with Gasteiger partial charge in [-0.1, -0.05) is 37.3 Å². The number of guanidine groups is 1. The fourth-order valence-electron chi connectivity index (χ4n) is 3.41. The molecule has 3 N–H and O–H groups in total. The Hall–Kier alpha value is -1.35. The van der Waals surface area contributed by atoms with E-state index in [2.05, 4.69) is 65.0 Å². The van der Waals surface area contributed by atoms with Crippen molar-refractivity contribution < 1.29 is 4.79 Å². The first kappa shape index (κ1) is 25.7. The molecule has 6 nitrogen and oxygen atoms in total. The van der Waals surface area contributed by atoms with Crippen molar-refractivity contribution in [2.75, 3.05) is 26.2 Å². The van der Waals surface area contributed by atoms with Crippen molar-refractivity contribution in [2.24, 2.45) is 4.99 Å². The molecule has 1 aliphatic heterocycles. The zero-order chi connectivity index (χ0) is 20.2. The number of nitrogens with one attached hydrogen (secondary N) is 3. The van der Waals surface area contributed by atoms with Crippen molar-refractivity contribution in [1.82, 2.24) is 20.9 Å². The average Bonchev–Trinajstić information content (AvgIpc) is 3.13. The minimum Gasteiger partial charge on any atom is -0.357 e. The van der Waals surface area contributed by atoms with Gasteiger partial charge in [0.05, 0.1) is 6.54 Å². The molecule has 1 aromatic carbocycles. The molecule has 1 heterocycles. The second kappa shape index (κ2) is 14.6. The van der Waals surface area contributed by atoms with E-state index in [0.29, 0.717) is 19.0 Å². The number of amides is 1. The van der Waals surface area contributed by atoms with Crippen LogP contribution in [0, 0.1) is 0 Å². The highest BCUT2D eigenvalue weighted by molar-refractivity contribution is 14.0. The van der Waals surface area contributed by atoms with Gasteiger partial charge in [0.1, 0.15) is 0 Å². The number of halogens is 1. The Morgan fingerprint density at radius 1 is 1.24 bits per heavy atom. The summed E-state index contributed by atoms with van der Waals surface area (Å²) >= 11 is 0. The van der Waals surface area contributed by atoms with Gasteiger partial charge in [0.25, 0.3) is 0 Å². The van der Waals surface area contributed by atoms with E-state index in [1.807, 2.05) is 6.92 Å². The van der Waals surface area contributed by atoms with Crippen LogP contribution in [0.2, 0.25) is 0 Å². The predicted octanol–water partition coefficient (Wildman–Crippen LogP) is 3.13. The molecule has 0 aliphatic carbocycles. The Labute approximate surface area is 193 Å². The molecule has 1 saturated heterocycles. The van der Waals surface area contributed by atoms with Crippen LogP contribution in [0.3, 0.4) is 0 Å². The minimum absolute atomic E-state index is 0. The smallest absolute Gasteiger partial charge is 0.221 e. The lowest BCUT2D eigenvalue weighted by Gasteiger charge is -2.23. The fourth-order valence-corrected chi connectivity index (χ4v) is 3.41. The van der Waals surface area contributed by atoms with E-state index in [-0.39, 0.29) is 35.9 Å². The first-order valence-corrected chi connectivity index (χ1v) is 10.7. The molecule has 0 spiro atoms. The summed E-state index contributed by atoms with van der Waals surface area (Å²) in [4.78, 5) is 19.2. The highest BCUT2D eigenvalue weighted by atomic mass is 127. The van der Waals surface area contributed by atoms with Gasteiger partial charge in [-0.3, -0.25) is 14.7 Å². The summed E-state index contributed by atoms with van der Waals surface area (Å²) in [5.74, 6) is 0.882. The lowest BCUT2D eigenvalue weighted by atomic mass is 10.2. The van der Waals surface area contributed by atoms with E-state index in [9.17, 15) is 4.79 Å². The first-order valence-electron chi connectivity index (χ1n) is 10.7. The number of carbonyl (C=O) groups is 1. The maximum atomic E-state index is 11.9. The van der Waals surface area contributed by atoms with E-state index in [4.69, 9.17) is 4.99 Å². The summed E-state index contributed by atoms with van der Waals surface area (Å²) < 4.78 is 0. The number of carbonyl (C=O) groups excluding carboxylic acids is 1. The number of rotatable bonds is 10. The molecule has 7 heteroatoms. The molecule has 0 saturated carbocycles. The van der Waals surface area contributed by atoms with Gasteiger partial charge in [-0.25, -0.2) is 0 Å². The zero-order valence-electron chi connectivity index (χ0n) is 18.1. The van der Waals surface area contributed by atoms with Gasteiger partial charge in [0.15, 0.2) is 5.96 Å². The van der Waals surface area contributed by atoms with E-state index in [0.717, 1.165) is 38.6 Å². The number of nitrogens with zero attached hydrogens (tertiary/aromatic N) is 2. The maximum Gasteiger partial charge on any atom is 0.221 e. The van der Waals surface area contributed by atoms with Crippen LogP contribution in [0.5, 0.6) is 0 Å². The summed E-state index contributed by atoms with van der Waals surface area (Å²) in [6, 6.07) is 11.3. The van der Waals surface area contributed by atoms with Crippen LogP contribution < -0.4 is 16.0 Å². The molecule has 29 heavy (non-hydrogen) atoms. The average molecular weight is 515 g/mol. The number of likely N-dealkylation sites (tertiary alicyclic amines) is 1. The van der Waals surface area contributed by atoms with Gasteiger partial charge in [0.2, 0.25) is 5.91 Å². The second-order valence-corrected chi connectivity index (χ2v) is 7.53. The van der Waals surface area contributed by atoms with Crippen molar-refractivity contribution >= 4 is 35.8 Å². The van der Waals surface area contributed by atoms with Gasteiger partial charge < -0.3 is 16.0 Å². The Morgan fingerprint density at radius 2 is 2.00 bits per heavy atom. The lowest BCUT2D eigenvalue weighted by molar-refractivity contribution is -0.121. The molecule has 1 fully saturated rings. The third-order valence-electron chi connectivity index (χ3n) is 5.20. The first-order chi connectivity index (χ1) is 13.6. The quantitative estimate of drug-likeness (QED) is 0.255. The molecular formula is C22H38IN5O. The van der Waals surface area contributed by atoms with Crippen LogP contribution in [0.15, 0.2) is 35.3 Å². The standard InChI is InChI=1S/C22H37N5O.HI/c1-4-18(3)26-21(28)13-14-24-22(23-5-2)25-16-20-12-9-15-27(20)17-19-10-7-6-8-11-19;/h6-8,10-11,18,20H,4-5,9,12-17H2,1-3H3,(H,26,28)(H2,23,24,25);1H. The van der Waals surface area contributed by atoms with Gasteiger partial charge in [0, 0.05) is 38.1 Å². The van der Waals surface area contributed by atoms with E-state index >= 15 is 0 Å². The molecule has 1 aliphatic rings. The molecule has 0 radical (unpaired) electrons. The monoisotopic (exact) mass is 515 g/mol. The summed E-state index contributed by atoms with van der Waals surface area (Å²) in [5.41, 5.74) is 1.36. The van der Waals surface area contributed by atoms with Gasteiger partial charge >= 0.3 is 0 Å². The fraction of sp³-hybridized carbons (Fsp3) is 0.636. The van der Waals surface area contributed by atoms with Crippen molar-refractivity contribution in [1.29, 1.82) is 0 Å². The summed E-state index contributed by atoms with van der Waals surface area (Å²) in [6.07, 6.45) is 3.82. The number of aliphatic imine (C=N–C) groups is 1. The minimum atomic E-state index is 0. The van der Waals surface area contributed by atoms with Crippen LogP contribution in [-0.4, -0.2) is 55.0 Å². The van der Waals surface area contributed by atoms with Crippen LogP contribution in [-0.2, 0) is 11.3 Å². The lowest BCUT2D eigenvalue weighted by Crippen LogP contribution is -2.41. The van der Waals surface area contributed by atoms with E-state index in [1.165, 1.54) is 18.4 Å². The third kappa shape index (κ3) is 9.80. The second-order valence-electron chi connectivity index (χ2n) is 7.53. The van der Waals surface area contributed by atoms with Gasteiger partial charge in [-0.2, -0.15) is 0 Å². The number of hydrogen-bond acceptors (Lipinski definition) is 3. The molecular weight excluding hydrogens is 477 g/mol. The number of benzene rings is 1. The summed E-state index contributed by atoms with van der Waals surface area (Å²) in [6.45, 7) is 10.5. The molecule has 2 atom stereocenters. The zero-order valence-corrected chi connectivity index (χ0v) is 20.4. The van der Waals surface area contributed by atoms with Gasteiger partial charge in [-0.05, 0) is 45.2 Å². The highest BCUT2D eigenvalue weighted by Gasteiger charge is 2.24. The Morgan fingerprint density at radius 3 is 2.69 bits per heavy atom. The Balaban J connectivity index is 0.00000420. The van der Waals surface area contributed by atoms with Crippen molar-refractivity contribution in [3.8, 4) is 0 Å². The van der Waals surface area contributed by atoms with Crippen LogP contribution in [0.4, 0.5) is 0 Å². The molecule has 1 amide bonds. The van der Waals surface area contributed by atoms with Crippen LogP contribution in [0.25, 0.3) is 0 Å². The van der Waals surface area contributed by atoms with Crippen molar-refractivity contribution in [3.05, 3.63) is 35.9 Å². The maximum absolute atomic E-state index is 11.9. The molecule has 164 valence electrons. The Kier molecular flexibility index (Phi) is 12.9. The SMILES string of the molecule is CCNC(=NCC1CCCN1Cc1ccccc1)NCCC(=O)NC(C)CC.I. The Bertz CT molecular complexity index is 610. The summed E-state index contributed by atoms with van der Waals surface area (Å²) in [7, 11) is 0. The molecule has 0 bridgehead atoms. The third-order valence-corrected chi connectivity index (χ3v) is 5.20. The number of hydrogen-bond donors (Lipinski definition) is 3. The van der Waals surface area contributed by atoms with Crippen molar-refractivity contribution in [3.63, 3.8) is 0 Å². The van der Waals surface area contributed by atoms with Crippen molar-refractivity contribution in [2.45, 2.75) is 65.1 Å². The highest BCUT2D eigenvalue weighted by Crippen LogP contribution is 2.20. The predicted molar refractivity (Wildman–Crippen MR) is 132 cm³/mol. The van der Waals surface area contributed by atoms with Crippen LogP contribution in [0.1, 0.15) is 52.0 Å². The van der Waals surface area contributed by atoms with Gasteiger partial charge in [-0.15, -0.1) is 24.0 Å². The topological polar surface area (TPSA) is 68.8 Å². The van der Waals surface area contributed by atoms with E-state index in [1.54, 1.807) is 0 Å². The molecule has 2 unspecified atom stereocenters. The van der Waals surface area contributed by atoms with Crippen LogP contribution >= 0.6 is 24.0 Å². The normalized spacial score (nSPS) is 18.0. The summed E-state index contributed by atoms with van der Waals surface area (Å²) in [5, 5.41) is 9.57. The largest absolute Gasteiger partial charge is 0.357 e.